The van der Waals surface area contributed by atoms with Gasteiger partial charge in [-0.15, -0.1) is 0 Å². The minimum absolute atomic E-state index is 0.0102. The Labute approximate surface area is 161 Å². The second-order valence-electron chi connectivity index (χ2n) is 7.12. The predicted molar refractivity (Wildman–Crippen MR) is 108 cm³/mol. The summed E-state index contributed by atoms with van der Waals surface area (Å²) < 4.78 is 5.89. The van der Waals surface area contributed by atoms with Crippen LogP contribution in [-0.2, 0) is 4.79 Å². The zero-order valence-electron chi connectivity index (χ0n) is 16.6. The van der Waals surface area contributed by atoms with Crippen LogP contribution in [0.2, 0.25) is 0 Å². The van der Waals surface area contributed by atoms with Crippen molar-refractivity contribution in [2.45, 2.75) is 52.7 Å². The summed E-state index contributed by atoms with van der Waals surface area (Å²) in [6.07, 6.45) is -0.703. The largest absolute Gasteiger partial charge is 0.481 e. The molecule has 27 heavy (non-hydrogen) atoms. The molecule has 0 spiro atoms. The maximum Gasteiger partial charge on any atom is 0.265 e. The highest BCUT2D eigenvalue weighted by Crippen LogP contribution is 2.27. The summed E-state index contributed by atoms with van der Waals surface area (Å²) in [7, 11) is 0. The van der Waals surface area contributed by atoms with E-state index in [9.17, 15) is 9.59 Å². The van der Waals surface area contributed by atoms with E-state index in [2.05, 4.69) is 24.5 Å². The minimum atomic E-state index is -0.703. The fourth-order valence-electron chi connectivity index (χ4n) is 2.67. The molecule has 144 valence electrons. The number of benzene rings is 2. The fraction of sp³-hybridized carbons (Fsp3) is 0.364. The van der Waals surface area contributed by atoms with Crippen molar-refractivity contribution in [1.82, 2.24) is 5.32 Å². The van der Waals surface area contributed by atoms with Crippen molar-refractivity contribution < 1.29 is 14.3 Å². The van der Waals surface area contributed by atoms with Gasteiger partial charge in [-0.25, -0.2) is 0 Å². The first-order chi connectivity index (χ1) is 12.8. The summed E-state index contributed by atoms with van der Waals surface area (Å²) in [5, 5.41) is 5.65. The molecule has 5 heteroatoms. The van der Waals surface area contributed by atoms with Crippen LogP contribution >= 0.6 is 0 Å². The summed E-state index contributed by atoms with van der Waals surface area (Å²) in [4.78, 5) is 25.0. The van der Waals surface area contributed by atoms with E-state index >= 15 is 0 Å². The molecule has 0 radical (unpaired) electrons. The molecule has 0 heterocycles. The maximum absolute atomic E-state index is 12.6. The van der Waals surface area contributed by atoms with Crippen LogP contribution in [0.1, 0.15) is 56.5 Å². The highest BCUT2D eigenvalue weighted by atomic mass is 16.5. The molecule has 0 aliphatic heterocycles. The summed E-state index contributed by atoms with van der Waals surface area (Å²) in [6.45, 7) is 9.64. The average molecular weight is 368 g/mol. The number of hydrogen-bond acceptors (Lipinski definition) is 3. The molecule has 0 aromatic heterocycles. The SMILES string of the molecule is CC(C)NC(=O)c1ccccc1NC(=O)[C@H](C)Oc1ccccc1C(C)C. The Morgan fingerprint density at radius 3 is 2.19 bits per heavy atom. The zero-order valence-corrected chi connectivity index (χ0v) is 16.6. The van der Waals surface area contributed by atoms with E-state index in [-0.39, 0.29) is 23.8 Å². The van der Waals surface area contributed by atoms with Crippen LogP contribution < -0.4 is 15.4 Å². The van der Waals surface area contributed by atoms with Gasteiger partial charge in [-0.2, -0.15) is 0 Å². The smallest absolute Gasteiger partial charge is 0.265 e. The average Bonchev–Trinajstić information content (AvgIpc) is 2.61. The maximum atomic E-state index is 12.6. The molecule has 0 fully saturated rings. The van der Waals surface area contributed by atoms with Crippen LogP contribution in [0.4, 0.5) is 5.69 Å². The number of rotatable bonds is 7. The number of hydrogen-bond donors (Lipinski definition) is 2. The summed E-state index contributed by atoms with van der Waals surface area (Å²) in [6, 6.07) is 14.7. The van der Waals surface area contributed by atoms with Gasteiger partial charge in [0.1, 0.15) is 5.75 Å². The predicted octanol–water partition coefficient (Wildman–Crippen LogP) is 4.35. The van der Waals surface area contributed by atoms with Gasteiger partial charge in [0.05, 0.1) is 11.3 Å². The van der Waals surface area contributed by atoms with Gasteiger partial charge in [-0.3, -0.25) is 9.59 Å². The molecular weight excluding hydrogens is 340 g/mol. The van der Waals surface area contributed by atoms with E-state index in [1.54, 1.807) is 31.2 Å². The van der Waals surface area contributed by atoms with Crippen molar-refractivity contribution in [3.05, 3.63) is 59.7 Å². The fourth-order valence-corrected chi connectivity index (χ4v) is 2.67. The van der Waals surface area contributed by atoms with Gasteiger partial charge in [0.2, 0.25) is 0 Å². The Kier molecular flexibility index (Phi) is 6.99. The number of para-hydroxylation sites is 2. The molecule has 5 nitrogen and oxygen atoms in total. The Hall–Kier alpha value is -2.82. The molecule has 0 bridgehead atoms. The molecule has 2 amide bonds. The number of anilines is 1. The van der Waals surface area contributed by atoms with Crippen LogP contribution in [0.15, 0.2) is 48.5 Å². The lowest BCUT2D eigenvalue weighted by atomic mass is 10.0. The first-order valence-corrected chi connectivity index (χ1v) is 9.26. The van der Waals surface area contributed by atoms with E-state index in [0.29, 0.717) is 17.0 Å². The van der Waals surface area contributed by atoms with E-state index in [1.807, 2.05) is 38.1 Å². The molecule has 0 unspecified atom stereocenters. The lowest BCUT2D eigenvalue weighted by molar-refractivity contribution is -0.122. The Balaban J connectivity index is 2.13. The highest BCUT2D eigenvalue weighted by Gasteiger charge is 2.20. The number of ether oxygens (including phenoxy) is 1. The number of amides is 2. The number of carbonyl (C=O) groups excluding carboxylic acids is 2. The van der Waals surface area contributed by atoms with Gasteiger partial charge < -0.3 is 15.4 Å². The van der Waals surface area contributed by atoms with Crippen molar-refractivity contribution in [2.24, 2.45) is 0 Å². The second kappa shape index (κ2) is 9.21. The monoisotopic (exact) mass is 368 g/mol. The molecule has 0 aliphatic carbocycles. The Morgan fingerprint density at radius 2 is 1.52 bits per heavy atom. The zero-order chi connectivity index (χ0) is 20.0. The van der Waals surface area contributed by atoms with E-state index in [0.717, 1.165) is 5.56 Å². The van der Waals surface area contributed by atoms with Crippen LogP contribution in [-0.4, -0.2) is 24.0 Å². The van der Waals surface area contributed by atoms with Gasteiger partial charge in [-0.1, -0.05) is 44.2 Å². The van der Waals surface area contributed by atoms with Gasteiger partial charge in [0.25, 0.3) is 11.8 Å². The molecule has 2 aromatic carbocycles. The molecular formula is C22H28N2O3. The Bertz CT molecular complexity index is 800. The van der Waals surface area contributed by atoms with E-state index in [1.165, 1.54) is 0 Å². The number of carbonyl (C=O) groups is 2. The quantitative estimate of drug-likeness (QED) is 0.763. The lowest BCUT2D eigenvalue weighted by Gasteiger charge is -2.19. The van der Waals surface area contributed by atoms with Gasteiger partial charge in [0, 0.05) is 6.04 Å². The molecule has 2 rings (SSSR count). The lowest BCUT2D eigenvalue weighted by Crippen LogP contribution is -2.33. The van der Waals surface area contributed by atoms with Crippen molar-refractivity contribution in [3.63, 3.8) is 0 Å². The molecule has 0 aliphatic rings. The third-order valence-corrected chi connectivity index (χ3v) is 4.06. The minimum Gasteiger partial charge on any atom is -0.481 e. The van der Waals surface area contributed by atoms with Gasteiger partial charge in [0.15, 0.2) is 6.10 Å². The van der Waals surface area contributed by atoms with Gasteiger partial charge in [-0.05, 0) is 50.5 Å². The Morgan fingerprint density at radius 1 is 0.889 bits per heavy atom. The van der Waals surface area contributed by atoms with E-state index < -0.39 is 6.10 Å². The molecule has 1 atom stereocenters. The topological polar surface area (TPSA) is 67.4 Å². The standard InChI is InChI=1S/C22H28N2O3/c1-14(2)17-10-7-9-13-20(17)27-16(5)21(25)24-19-12-8-6-11-18(19)22(26)23-15(3)4/h6-16H,1-5H3,(H,23,26)(H,24,25)/t16-/m0/s1. The normalized spacial score (nSPS) is 12.0. The molecule has 2 aromatic rings. The third kappa shape index (κ3) is 5.58. The molecule has 2 N–H and O–H groups in total. The van der Waals surface area contributed by atoms with Crippen molar-refractivity contribution in [2.75, 3.05) is 5.32 Å². The van der Waals surface area contributed by atoms with Crippen molar-refractivity contribution in [1.29, 1.82) is 0 Å². The highest BCUT2D eigenvalue weighted by molar-refractivity contribution is 6.04. The third-order valence-electron chi connectivity index (χ3n) is 4.06. The summed E-state index contributed by atoms with van der Waals surface area (Å²) in [5.41, 5.74) is 1.94. The first-order valence-electron chi connectivity index (χ1n) is 9.26. The van der Waals surface area contributed by atoms with Crippen LogP contribution in [0, 0.1) is 0 Å². The number of nitrogens with one attached hydrogen (secondary N) is 2. The molecule has 0 saturated heterocycles. The van der Waals surface area contributed by atoms with Crippen molar-refractivity contribution >= 4 is 17.5 Å². The summed E-state index contributed by atoms with van der Waals surface area (Å²) in [5.74, 6) is 0.455. The van der Waals surface area contributed by atoms with Crippen molar-refractivity contribution in [3.8, 4) is 5.75 Å². The first kappa shape index (κ1) is 20.5. The van der Waals surface area contributed by atoms with Gasteiger partial charge >= 0.3 is 0 Å². The summed E-state index contributed by atoms with van der Waals surface area (Å²) >= 11 is 0. The van der Waals surface area contributed by atoms with Crippen LogP contribution in [0.5, 0.6) is 5.75 Å². The van der Waals surface area contributed by atoms with Crippen LogP contribution in [0.25, 0.3) is 0 Å². The molecule has 0 saturated carbocycles. The van der Waals surface area contributed by atoms with E-state index in [4.69, 9.17) is 4.74 Å². The van der Waals surface area contributed by atoms with Crippen LogP contribution in [0.3, 0.4) is 0 Å². The second-order valence-corrected chi connectivity index (χ2v) is 7.12.